The molecular weight excluding hydrogens is 378 g/mol. The highest BCUT2D eigenvalue weighted by Gasteiger charge is 2.19. The van der Waals surface area contributed by atoms with E-state index in [4.69, 9.17) is 21.1 Å². The fraction of sp³-hybridized carbons (Fsp3) is 0.381. The van der Waals surface area contributed by atoms with E-state index in [0.717, 1.165) is 54.9 Å². The molecule has 2 aromatic carbocycles. The summed E-state index contributed by atoms with van der Waals surface area (Å²) < 4.78 is 11.1. The molecule has 1 amide bonds. The molecule has 1 fully saturated rings. The number of hydrogen-bond acceptors (Lipinski definition) is 5. The van der Waals surface area contributed by atoms with Crippen molar-refractivity contribution in [1.29, 1.82) is 0 Å². The van der Waals surface area contributed by atoms with Crippen molar-refractivity contribution in [3.63, 3.8) is 0 Å². The molecule has 0 saturated carbocycles. The van der Waals surface area contributed by atoms with E-state index in [0.29, 0.717) is 25.4 Å². The Hall–Kier alpha value is -2.44. The van der Waals surface area contributed by atoms with E-state index in [1.165, 1.54) is 0 Å². The summed E-state index contributed by atoms with van der Waals surface area (Å²) in [5, 5.41) is 3.73. The van der Waals surface area contributed by atoms with Gasteiger partial charge in [-0.25, -0.2) is 0 Å². The Morgan fingerprint density at radius 3 is 2.54 bits per heavy atom. The van der Waals surface area contributed by atoms with Gasteiger partial charge in [0.1, 0.15) is 13.2 Å². The summed E-state index contributed by atoms with van der Waals surface area (Å²) >= 11 is 6.29. The third kappa shape index (κ3) is 4.51. The minimum Gasteiger partial charge on any atom is -0.486 e. The predicted molar refractivity (Wildman–Crippen MR) is 111 cm³/mol. The lowest BCUT2D eigenvalue weighted by molar-refractivity contribution is -0.116. The number of para-hydroxylation sites is 1. The van der Waals surface area contributed by atoms with E-state index >= 15 is 0 Å². The first kappa shape index (κ1) is 18.9. The molecule has 2 heterocycles. The number of nitrogens with one attached hydrogen (secondary N) is 1. The molecule has 0 aliphatic carbocycles. The van der Waals surface area contributed by atoms with Gasteiger partial charge in [0.25, 0.3) is 0 Å². The maximum absolute atomic E-state index is 12.3. The van der Waals surface area contributed by atoms with Crippen LogP contribution in [-0.2, 0) is 4.79 Å². The Kier molecular flexibility index (Phi) is 5.88. The number of carbonyl (C=O) groups is 1. The van der Waals surface area contributed by atoms with Crippen molar-refractivity contribution in [1.82, 2.24) is 4.90 Å². The van der Waals surface area contributed by atoms with Crippen LogP contribution in [0.1, 0.15) is 6.42 Å². The van der Waals surface area contributed by atoms with Crippen molar-refractivity contribution in [3.8, 4) is 11.5 Å². The van der Waals surface area contributed by atoms with E-state index in [2.05, 4.69) is 21.2 Å². The number of rotatable bonds is 5. The second kappa shape index (κ2) is 8.71. The summed E-state index contributed by atoms with van der Waals surface area (Å²) in [6.07, 6.45) is 0.459. The van der Waals surface area contributed by atoms with Crippen LogP contribution in [0.3, 0.4) is 0 Å². The van der Waals surface area contributed by atoms with E-state index in [-0.39, 0.29) is 5.91 Å². The summed E-state index contributed by atoms with van der Waals surface area (Å²) in [4.78, 5) is 16.9. The molecule has 0 bridgehead atoms. The number of benzene rings is 2. The number of halogens is 1. The molecule has 0 radical (unpaired) electrons. The van der Waals surface area contributed by atoms with Crippen LogP contribution < -0.4 is 19.7 Å². The minimum atomic E-state index is 0.00483. The molecule has 2 aromatic rings. The third-order valence-electron chi connectivity index (χ3n) is 5.05. The first-order valence-corrected chi connectivity index (χ1v) is 9.98. The van der Waals surface area contributed by atoms with Crippen LogP contribution in [0, 0.1) is 0 Å². The maximum Gasteiger partial charge on any atom is 0.225 e. The van der Waals surface area contributed by atoms with Gasteiger partial charge >= 0.3 is 0 Å². The molecule has 1 saturated heterocycles. The van der Waals surface area contributed by atoms with E-state index < -0.39 is 0 Å². The predicted octanol–water partition coefficient (Wildman–Crippen LogP) is 3.26. The lowest BCUT2D eigenvalue weighted by Gasteiger charge is -2.36. The van der Waals surface area contributed by atoms with Gasteiger partial charge in [0.05, 0.1) is 10.7 Å². The number of carbonyl (C=O) groups excluding carboxylic acids is 1. The van der Waals surface area contributed by atoms with Gasteiger partial charge in [0, 0.05) is 50.9 Å². The largest absolute Gasteiger partial charge is 0.486 e. The number of fused-ring (bicyclic) bond motifs is 1. The van der Waals surface area contributed by atoms with Crippen molar-refractivity contribution in [2.75, 3.05) is 56.2 Å². The molecule has 0 unspecified atom stereocenters. The van der Waals surface area contributed by atoms with Gasteiger partial charge in [-0.2, -0.15) is 0 Å². The number of hydrogen-bond donors (Lipinski definition) is 1. The highest BCUT2D eigenvalue weighted by atomic mass is 35.5. The van der Waals surface area contributed by atoms with Crippen molar-refractivity contribution < 1.29 is 14.3 Å². The Morgan fingerprint density at radius 1 is 1.00 bits per heavy atom. The monoisotopic (exact) mass is 401 g/mol. The van der Waals surface area contributed by atoms with Crippen LogP contribution >= 0.6 is 11.6 Å². The molecule has 4 rings (SSSR count). The Bertz CT molecular complexity index is 837. The van der Waals surface area contributed by atoms with Gasteiger partial charge in [-0.3, -0.25) is 9.69 Å². The standard InChI is InChI=1S/C21H24ClN3O3/c22-17-3-1-2-4-18(17)25-11-9-24(10-12-25)8-7-21(26)23-16-5-6-19-20(15-16)28-14-13-27-19/h1-6,15H,7-14H2,(H,23,26). The van der Waals surface area contributed by atoms with Crippen molar-refractivity contribution in [2.45, 2.75) is 6.42 Å². The number of amides is 1. The number of nitrogens with zero attached hydrogens (tertiary/aromatic N) is 2. The van der Waals surface area contributed by atoms with Gasteiger partial charge in [0.2, 0.25) is 5.91 Å². The SMILES string of the molecule is O=C(CCN1CCN(c2ccccc2Cl)CC1)Nc1ccc2c(c1)OCCO2. The quantitative estimate of drug-likeness (QED) is 0.833. The van der Waals surface area contributed by atoms with Gasteiger partial charge in [-0.05, 0) is 24.3 Å². The first-order chi connectivity index (χ1) is 13.7. The van der Waals surface area contributed by atoms with Gasteiger partial charge < -0.3 is 19.7 Å². The van der Waals surface area contributed by atoms with Crippen molar-refractivity contribution in [3.05, 3.63) is 47.5 Å². The molecule has 6 nitrogen and oxygen atoms in total. The van der Waals surface area contributed by atoms with Crippen LogP contribution in [-0.4, -0.2) is 56.7 Å². The fourth-order valence-corrected chi connectivity index (χ4v) is 3.78. The zero-order valence-corrected chi connectivity index (χ0v) is 16.5. The molecule has 1 N–H and O–H groups in total. The molecule has 28 heavy (non-hydrogen) atoms. The first-order valence-electron chi connectivity index (χ1n) is 9.60. The number of anilines is 2. The fourth-order valence-electron chi connectivity index (χ4n) is 3.52. The van der Waals surface area contributed by atoms with Crippen LogP contribution in [0.25, 0.3) is 0 Å². The second-order valence-electron chi connectivity index (χ2n) is 6.94. The van der Waals surface area contributed by atoms with Gasteiger partial charge in [0.15, 0.2) is 11.5 Å². The summed E-state index contributed by atoms with van der Waals surface area (Å²) in [5.41, 5.74) is 1.82. The summed E-state index contributed by atoms with van der Waals surface area (Å²) in [5.74, 6) is 1.41. The Morgan fingerprint density at radius 2 is 1.75 bits per heavy atom. The zero-order valence-electron chi connectivity index (χ0n) is 15.7. The van der Waals surface area contributed by atoms with Gasteiger partial charge in [-0.15, -0.1) is 0 Å². The zero-order chi connectivity index (χ0) is 19.3. The Labute approximate surface area is 170 Å². The lowest BCUT2D eigenvalue weighted by atomic mass is 10.2. The highest BCUT2D eigenvalue weighted by molar-refractivity contribution is 6.33. The summed E-state index contributed by atoms with van der Waals surface area (Å²) in [7, 11) is 0. The van der Waals surface area contributed by atoms with E-state index in [9.17, 15) is 4.79 Å². The highest BCUT2D eigenvalue weighted by Crippen LogP contribution is 2.32. The number of ether oxygens (including phenoxy) is 2. The molecule has 2 aliphatic rings. The van der Waals surface area contributed by atoms with Crippen molar-refractivity contribution in [2.24, 2.45) is 0 Å². The summed E-state index contributed by atoms with van der Waals surface area (Å²) in [6.45, 7) is 5.49. The average molecular weight is 402 g/mol. The maximum atomic E-state index is 12.3. The topological polar surface area (TPSA) is 54.0 Å². The molecule has 148 valence electrons. The molecule has 7 heteroatoms. The summed E-state index contributed by atoms with van der Waals surface area (Å²) in [6, 6.07) is 13.4. The second-order valence-corrected chi connectivity index (χ2v) is 7.34. The van der Waals surface area contributed by atoms with E-state index in [1.54, 1.807) is 0 Å². The normalized spacial score (nSPS) is 16.7. The smallest absolute Gasteiger partial charge is 0.225 e. The molecule has 0 spiro atoms. The van der Waals surface area contributed by atoms with Crippen LogP contribution in [0.2, 0.25) is 5.02 Å². The average Bonchev–Trinajstić information content (AvgIpc) is 2.73. The minimum absolute atomic E-state index is 0.00483. The molecule has 2 aliphatic heterocycles. The van der Waals surface area contributed by atoms with Crippen LogP contribution in [0.5, 0.6) is 11.5 Å². The van der Waals surface area contributed by atoms with Gasteiger partial charge in [-0.1, -0.05) is 23.7 Å². The number of piperazine rings is 1. The Balaban J connectivity index is 1.23. The lowest BCUT2D eigenvalue weighted by Crippen LogP contribution is -2.47. The van der Waals surface area contributed by atoms with Crippen molar-refractivity contribution >= 4 is 28.9 Å². The van der Waals surface area contributed by atoms with E-state index in [1.807, 2.05) is 36.4 Å². The third-order valence-corrected chi connectivity index (χ3v) is 5.37. The molecule has 0 aromatic heterocycles. The molecular formula is C21H24ClN3O3. The van der Waals surface area contributed by atoms with Crippen LogP contribution in [0.4, 0.5) is 11.4 Å². The molecule has 0 atom stereocenters. The van der Waals surface area contributed by atoms with Crippen LogP contribution in [0.15, 0.2) is 42.5 Å².